The van der Waals surface area contributed by atoms with Crippen LogP contribution >= 0.6 is 0 Å². The lowest BCUT2D eigenvalue weighted by atomic mass is 10.1. The molecule has 0 spiro atoms. The molecular formula is C19H22N6O. The number of aromatic amines is 1. The molecular weight excluding hydrogens is 328 g/mol. The van der Waals surface area contributed by atoms with Crippen LogP contribution in [-0.2, 0) is 6.42 Å². The predicted octanol–water partition coefficient (Wildman–Crippen LogP) is 2.30. The van der Waals surface area contributed by atoms with Gasteiger partial charge in [-0.05, 0) is 37.1 Å². The van der Waals surface area contributed by atoms with E-state index in [1.807, 2.05) is 55.4 Å². The Kier molecular flexibility index (Phi) is 5.58. The van der Waals surface area contributed by atoms with Crippen molar-refractivity contribution in [3.05, 3.63) is 59.9 Å². The molecule has 7 heteroatoms. The van der Waals surface area contributed by atoms with Gasteiger partial charge in [0.15, 0.2) is 5.82 Å². The van der Waals surface area contributed by atoms with Crippen LogP contribution < -0.4 is 10.2 Å². The van der Waals surface area contributed by atoms with Gasteiger partial charge < -0.3 is 10.2 Å². The lowest BCUT2D eigenvalue weighted by Crippen LogP contribution is -2.24. The van der Waals surface area contributed by atoms with E-state index in [4.69, 9.17) is 0 Å². The van der Waals surface area contributed by atoms with E-state index in [0.29, 0.717) is 23.9 Å². The van der Waals surface area contributed by atoms with Gasteiger partial charge in [0.05, 0.1) is 0 Å². The van der Waals surface area contributed by atoms with Crippen molar-refractivity contribution >= 4 is 11.9 Å². The van der Waals surface area contributed by atoms with Gasteiger partial charge in [-0.15, -0.1) is 5.10 Å². The van der Waals surface area contributed by atoms with Crippen LogP contribution in [0.25, 0.3) is 11.4 Å². The molecule has 0 aliphatic heterocycles. The first kappa shape index (κ1) is 17.6. The van der Waals surface area contributed by atoms with E-state index < -0.39 is 0 Å². The van der Waals surface area contributed by atoms with E-state index in [0.717, 1.165) is 24.1 Å². The van der Waals surface area contributed by atoms with Crippen LogP contribution in [0.15, 0.2) is 48.7 Å². The summed E-state index contributed by atoms with van der Waals surface area (Å²) >= 11 is 0. The number of aromatic nitrogens is 4. The molecule has 26 heavy (non-hydrogen) atoms. The molecule has 7 nitrogen and oxygen atoms in total. The quantitative estimate of drug-likeness (QED) is 0.639. The fourth-order valence-corrected chi connectivity index (χ4v) is 2.51. The van der Waals surface area contributed by atoms with Crippen molar-refractivity contribution in [1.29, 1.82) is 0 Å². The van der Waals surface area contributed by atoms with E-state index in [1.54, 1.807) is 12.3 Å². The number of pyridine rings is 1. The molecule has 0 fully saturated rings. The number of hydrogen-bond donors (Lipinski definition) is 2. The molecule has 3 rings (SSSR count). The number of carbonyl (C=O) groups is 1. The lowest BCUT2D eigenvalue weighted by molar-refractivity contribution is 0.0953. The standard InChI is InChI=1S/C19H22N6O/c1-25(2)19-22-17(23-24-19)14-7-5-8-15(13-14)18(26)21-12-6-10-16-9-3-4-11-20-16/h3-5,7-9,11,13H,6,10,12H2,1-2H3,(H,21,26)(H,22,23,24). The molecule has 0 aliphatic rings. The Hall–Kier alpha value is -3.22. The Morgan fingerprint density at radius 1 is 1.19 bits per heavy atom. The van der Waals surface area contributed by atoms with Crippen LogP contribution in [-0.4, -0.2) is 46.7 Å². The van der Waals surface area contributed by atoms with E-state index in [1.165, 1.54) is 0 Å². The van der Waals surface area contributed by atoms with Gasteiger partial charge in [-0.2, -0.15) is 4.98 Å². The van der Waals surface area contributed by atoms with Crippen molar-refractivity contribution in [1.82, 2.24) is 25.5 Å². The van der Waals surface area contributed by atoms with E-state index >= 15 is 0 Å². The molecule has 0 saturated carbocycles. The first-order valence-corrected chi connectivity index (χ1v) is 8.52. The minimum atomic E-state index is -0.0970. The van der Waals surface area contributed by atoms with Crippen molar-refractivity contribution in [2.24, 2.45) is 0 Å². The van der Waals surface area contributed by atoms with Gasteiger partial charge in [0.1, 0.15) is 0 Å². The highest BCUT2D eigenvalue weighted by molar-refractivity contribution is 5.95. The Balaban J connectivity index is 1.57. The Morgan fingerprint density at radius 2 is 2.08 bits per heavy atom. The summed E-state index contributed by atoms with van der Waals surface area (Å²) in [5.74, 6) is 1.14. The zero-order chi connectivity index (χ0) is 18.4. The summed E-state index contributed by atoms with van der Waals surface area (Å²) in [6.45, 7) is 0.604. The molecule has 1 aromatic carbocycles. The average Bonchev–Trinajstić information content (AvgIpc) is 3.17. The summed E-state index contributed by atoms with van der Waals surface area (Å²) in [7, 11) is 3.75. The van der Waals surface area contributed by atoms with Crippen molar-refractivity contribution in [2.75, 3.05) is 25.5 Å². The Bertz CT molecular complexity index is 859. The maximum atomic E-state index is 12.4. The van der Waals surface area contributed by atoms with Crippen LogP contribution in [0.2, 0.25) is 0 Å². The fourth-order valence-electron chi connectivity index (χ4n) is 2.51. The summed E-state index contributed by atoms with van der Waals surface area (Å²) in [4.78, 5) is 22.9. The van der Waals surface area contributed by atoms with Gasteiger partial charge in [-0.1, -0.05) is 18.2 Å². The van der Waals surface area contributed by atoms with Gasteiger partial charge in [-0.3, -0.25) is 14.9 Å². The summed E-state index contributed by atoms with van der Waals surface area (Å²) in [6.07, 6.45) is 3.47. The molecule has 2 N–H and O–H groups in total. The lowest BCUT2D eigenvalue weighted by Gasteiger charge is -2.06. The van der Waals surface area contributed by atoms with Crippen molar-refractivity contribution in [3.63, 3.8) is 0 Å². The zero-order valence-electron chi connectivity index (χ0n) is 14.9. The number of nitrogens with zero attached hydrogens (tertiary/aromatic N) is 4. The van der Waals surface area contributed by atoms with Gasteiger partial charge in [0, 0.05) is 43.7 Å². The van der Waals surface area contributed by atoms with Crippen LogP contribution in [0.3, 0.4) is 0 Å². The fraction of sp³-hybridized carbons (Fsp3) is 0.263. The topological polar surface area (TPSA) is 86.8 Å². The summed E-state index contributed by atoms with van der Waals surface area (Å²) in [6, 6.07) is 13.2. The minimum Gasteiger partial charge on any atom is -0.352 e. The van der Waals surface area contributed by atoms with Gasteiger partial charge in [0.2, 0.25) is 5.95 Å². The van der Waals surface area contributed by atoms with Crippen LogP contribution in [0.5, 0.6) is 0 Å². The highest BCUT2D eigenvalue weighted by Crippen LogP contribution is 2.18. The number of anilines is 1. The summed E-state index contributed by atoms with van der Waals surface area (Å²) < 4.78 is 0. The second kappa shape index (κ2) is 8.24. The van der Waals surface area contributed by atoms with Crippen LogP contribution in [0, 0.1) is 0 Å². The number of benzene rings is 1. The molecule has 1 amide bonds. The summed E-state index contributed by atoms with van der Waals surface area (Å²) in [5.41, 5.74) is 2.46. The Morgan fingerprint density at radius 3 is 2.81 bits per heavy atom. The number of carbonyl (C=O) groups excluding carboxylic acids is 1. The first-order chi connectivity index (χ1) is 12.6. The molecule has 0 unspecified atom stereocenters. The zero-order valence-corrected chi connectivity index (χ0v) is 14.9. The van der Waals surface area contributed by atoms with Crippen molar-refractivity contribution < 1.29 is 4.79 Å². The molecule has 0 saturated heterocycles. The third kappa shape index (κ3) is 4.44. The first-order valence-electron chi connectivity index (χ1n) is 8.52. The number of aryl methyl sites for hydroxylation is 1. The molecule has 0 atom stereocenters. The monoisotopic (exact) mass is 350 g/mol. The third-order valence-corrected chi connectivity index (χ3v) is 3.89. The van der Waals surface area contributed by atoms with Crippen molar-refractivity contribution in [2.45, 2.75) is 12.8 Å². The normalized spacial score (nSPS) is 10.5. The molecule has 0 aliphatic carbocycles. The summed E-state index contributed by atoms with van der Waals surface area (Å²) in [5, 5.41) is 9.99. The Labute approximate surface area is 152 Å². The van der Waals surface area contributed by atoms with E-state index in [-0.39, 0.29) is 5.91 Å². The van der Waals surface area contributed by atoms with E-state index in [9.17, 15) is 4.79 Å². The maximum Gasteiger partial charge on any atom is 0.251 e. The van der Waals surface area contributed by atoms with Gasteiger partial charge in [-0.25, -0.2) is 0 Å². The van der Waals surface area contributed by atoms with Crippen molar-refractivity contribution in [3.8, 4) is 11.4 Å². The second-order valence-electron chi connectivity index (χ2n) is 6.14. The van der Waals surface area contributed by atoms with Crippen LogP contribution in [0.4, 0.5) is 5.95 Å². The number of H-pyrrole nitrogens is 1. The smallest absolute Gasteiger partial charge is 0.251 e. The molecule has 3 aromatic rings. The molecule has 0 radical (unpaired) electrons. The van der Waals surface area contributed by atoms with Crippen LogP contribution in [0.1, 0.15) is 22.5 Å². The molecule has 134 valence electrons. The van der Waals surface area contributed by atoms with Gasteiger partial charge in [0.25, 0.3) is 5.91 Å². The van der Waals surface area contributed by atoms with Gasteiger partial charge >= 0.3 is 0 Å². The average molecular weight is 350 g/mol. The third-order valence-electron chi connectivity index (χ3n) is 3.89. The minimum absolute atomic E-state index is 0.0970. The molecule has 2 aromatic heterocycles. The number of rotatable bonds is 7. The maximum absolute atomic E-state index is 12.4. The highest BCUT2D eigenvalue weighted by Gasteiger charge is 2.10. The van der Waals surface area contributed by atoms with E-state index in [2.05, 4.69) is 25.5 Å². The highest BCUT2D eigenvalue weighted by atomic mass is 16.1. The largest absolute Gasteiger partial charge is 0.352 e. The SMILES string of the molecule is CN(C)c1n[nH]c(-c2cccc(C(=O)NCCCc3ccccn3)c2)n1. The number of amides is 1. The molecule has 2 heterocycles. The molecule has 0 bridgehead atoms. The number of nitrogens with one attached hydrogen (secondary N) is 2. The number of hydrogen-bond acceptors (Lipinski definition) is 5. The predicted molar refractivity (Wildman–Crippen MR) is 101 cm³/mol. The second-order valence-corrected chi connectivity index (χ2v) is 6.14.